The molecule has 3 aromatic heterocycles. The van der Waals surface area contributed by atoms with Crippen molar-refractivity contribution in [1.82, 2.24) is 9.55 Å². The summed E-state index contributed by atoms with van der Waals surface area (Å²) in [6, 6.07) is 10.6. The van der Waals surface area contributed by atoms with Crippen LogP contribution in [0.15, 0.2) is 57.1 Å². The standard InChI is InChI=1S/C18H13FN2OS3/c1-21-17(22)15-12(14-7-4-8-23-14)10-24-16(15)20-18(21)25-9-11-5-2-3-6-13(11)19/h2-8,10H,9H2,1H3. The Balaban J connectivity index is 1.73. The summed E-state index contributed by atoms with van der Waals surface area (Å²) in [5.74, 6) is 0.193. The van der Waals surface area contributed by atoms with E-state index in [1.54, 1.807) is 41.2 Å². The molecule has 0 N–H and O–H groups in total. The highest BCUT2D eigenvalue weighted by atomic mass is 32.2. The fraction of sp³-hybridized carbons (Fsp3) is 0.111. The molecule has 25 heavy (non-hydrogen) atoms. The van der Waals surface area contributed by atoms with Gasteiger partial charge in [-0.25, -0.2) is 9.37 Å². The molecule has 0 radical (unpaired) electrons. The van der Waals surface area contributed by atoms with E-state index in [9.17, 15) is 9.18 Å². The molecule has 0 unspecified atom stereocenters. The molecular weight excluding hydrogens is 375 g/mol. The second-order valence-electron chi connectivity index (χ2n) is 5.45. The van der Waals surface area contributed by atoms with Crippen LogP contribution >= 0.6 is 34.4 Å². The Morgan fingerprint density at radius 2 is 2.04 bits per heavy atom. The summed E-state index contributed by atoms with van der Waals surface area (Å²) in [4.78, 5) is 19.3. The zero-order valence-electron chi connectivity index (χ0n) is 13.2. The van der Waals surface area contributed by atoms with Crippen LogP contribution in [0.25, 0.3) is 20.7 Å². The predicted molar refractivity (Wildman–Crippen MR) is 104 cm³/mol. The normalized spacial score (nSPS) is 11.3. The number of thiophene rings is 2. The van der Waals surface area contributed by atoms with Gasteiger partial charge in [-0.3, -0.25) is 9.36 Å². The molecule has 0 atom stereocenters. The van der Waals surface area contributed by atoms with E-state index < -0.39 is 0 Å². The maximum atomic E-state index is 13.8. The number of halogens is 1. The summed E-state index contributed by atoms with van der Waals surface area (Å²) in [5, 5.41) is 5.23. The molecular formula is C18H13FN2OS3. The smallest absolute Gasteiger partial charge is 0.263 e. The Kier molecular flexibility index (Phi) is 4.45. The average Bonchev–Trinajstić information content (AvgIpc) is 3.27. The van der Waals surface area contributed by atoms with Gasteiger partial charge in [-0.05, 0) is 23.1 Å². The van der Waals surface area contributed by atoms with Crippen molar-refractivity contribution in [2.45, 2.75) is 10.9 Å². The topological polar surface area (TPSA) is 34.9 Å². The molecule has 0 fully saturated rings. The Labute approximate surface area is 155 Å². The van der Waals surface area contributed by atoms with Crippen LogP contribution in [0.3, 0.4) is 0 Å². The second-order valence-corrected chi connectivity index (χ2v) is 8.19. The Hall–Kier alpha value is -1.96. The van der Waals surface area contributed by atoms with Crippen LogP contribution < -0.4 is 5.56 Å². The molecule has 4 rings (SSSR count). The fourth-order valence-corrected chi connectivity index (χ4v) is 5.31. The van der Waals surface area contributed by atoms with Crippen molar-refractivity contribution in [3.63, 3.8) is 0 Å². The molecule has 0 saturated heterocycles. The van der Waals surface area contributed by atoms with E-state index in [0.29, 0.717) is 21.9 Å². The number of benzene rings is 1. The van der Waals surface area contributed by atoms with Crippen LogP contribution in [0, 0.1) is 5.82 Å². The molecule has 4 aromatic rings. The highest BCUT2D eigenvalue weighted by Crippen LogP contribution is 2.34. The van der Waals surface area contributed by atoms with E-state index >= 15 is 0 Å². The van der Waals surface area contributed by atoms with Crippen molar-refractivity contribution in [1.29, 1.82) is 0 Å². The summed E-state index contributed by atoms with van der Waals surface area (Å²) in [5.41, 5.74) is 1.48. The van der Waals surface area contributed by atoms with Gasteiger partial charge in [0.15, 0.2) is 5.16 Å². The highest BCUT2D eigenvalue weighted by molar-refractivity contribution is 7.98. The zero-order valence-corrected chi connectivity index (χ0v) is 15.7. The van der Waals surface area contributed by atoms with E-state index in [2.05, 4.69) is 4.98 Å². The third-order valence-corrected chi connectivity index (χ3v) is 6.73. The van der Waals surface area contributed by atoms with Crippen LogP contribution in [-0.4, -0.2) is 9.55 Å². The molecule has 0 aliphatic carbocycles. The number of aromatic nitrogens is 2. The summed E-state index contributed by atoms with van der Waals surface area (Å²) in [6.07, 6.45) is 0. The lowest BCUT2D eigenvalue weighted by molar-refractivity contribution is 0.617. The molecule has 3 heterocycles. The van der Waals surface area contributed by atoms with Crippen LogP contribution in [0.4, 0.5) is 4.39 Å². The predicted octanol–water partition coefficient (Wildman–Crippen LogP) is 5.15. The lowest BCUT2D eigenvalue weighted by atomic mass is 10.2. The lowest BCUT2D eigenvalue weighted by Gasteiger charge is -2.08. The number of hydrogen-bond acceptors (Lipinski definition) is 5. The minimum atomic E-state index is -0.239. The first kappa shape index (κ1) is 16.5. The van der Waals surface area contributed by atoms with Gasteiger partial charge >= 0.3 is 0 Å². The monoisotopic (exact) mass is 388 g/mol. The van der Waals surface area contributed by atoms with Gasteiger partial charge in [0.2, 0.25) is 0 Å². The third kappa shape index (κ3) is 3.03. The van der Waals surface area contributed by atoms with Crippen LogP contribution in [0.5, 0.6) is 0 Å². The minimum absolute atomic E-state index is 0.0642. The maximum absolute atomic E-state index is 13.8. The molecule has 0 aliphatic rings. The lowest BCUT2D eigenvalue weighted by Crippen LogP contribution is -2.19. The summed E-state index contributed by atoms with van der Waals surface area (Å²) >= 11 is 4.45. The third-order valence-electron chi connectivity index (χ3n) is 3.88. The summed E-state index contributed by atoms with van der Waals surface area (Å²) in [6.45, 7) is 0. The van der Waals surface area contributed by atoms with E-state index in [4.69, 9.17) is 0 Å². The number of nitrogens with zero attached hydrogens (tertiary/aromatic N) is 2. The van der Waals surface area contributed by atoms with Crippen LogP contribution in [-0.2, 0) is 12.8 Å². The molecule has 0 amide bonds. The van der Waals surface area contributed by atoms with E-state index in [-0.39, 0.29) is 11.4 Å². The fourth-order valence-electron chi connectivity index (χ4n) is 2.55. The van der Waals surface area contributed by atoms with E-state index in [0.717, 1.165) is 15.3 Å². The van der Waals surface area contributed by atoms with Gasteiger partial charge in [0.05, 0.1) is 5.39 Å². The van der Waals surface area contributed by atoms with Crippen molar-refractivity contribution in [2.75, 3.05) is 0 Å². The number of thioether (sulfide) groups is 1. The second kappa shape index (κ2) is 6.74. The van der Waals surface area contributed by atoms with E-state index in [1.165, 1.54) is 29.2 Å². The molecule has 126 valence electrons. The SMILES string of the molecule is Cn1c(SCc2ccccc2F)nc2scc(-c3cccs3)c2c1=O. The molecule has 1 aromatic carbocycles. The quantitative estimate of drug-likeness (QED) is 0.358. The molecule has 0 saturated carbocycles. The van der Waals surface area contributed by atoms with Gasteiger partial charge in [-0.1, -0.05) is 36.0 Å². The Bertz CT molecular complexity index is 1100. The summed E-state index contributed by atoms with van der Waals surface area (Å²) in [7, 11) is 1.72. The first-order valence-electron chi connectivity index (χ1n) is 7.53. The van der Waals surface area contributed by atoms with Gasteiger partial charge in [0.1, 0.15) is 10.6 Å². The molecule has 3 nitrogen and oxygen atoms in total. The van der Waals surface area contributed by atoms with Gasteiger partial charge in [-0.15, -0.1) is 22.7 Å². The Morgan fingerprint density at radius 3 is 2.80 bits per heavy atom. The summed E-state index contributed by atoms with van der Waals surface area (Å²) < 4.78 is 15.3. The van der Waals surface area contributed by atoms with Crippen LogP contribution in [0.1, 0.15) is 5.56 Å². The highest BCUT2D eigenvalue weighted by Gasteiger charge is 2.16. The first-order valence-corrected chi connectivity index (χ1v) is 10.3. The van der Waals surface area contributed by atoms with Crippen molar-refractivity contribution >= 4 is 44.7 Å². The number of fused-ring (bicyclic) bond motifs is 1. The number of hydrogen-bond donors (Lipinski definition) is 0. The Morgan fingerprint density at radius 1 is 1.20 bits per heavy atom. The zero-order chi connectivity index (χ0) is 17.4. The van der Waals surface area contributed by atoms with Crippen LogP contribution in [0.2, 0.25) is 0 Å². The van der Waals surface area contributed by atoms with Crippen molar-refractivity contribution < 1.29 is 4.39 Å². The molecule has 0 bridgehead atoms. The van der Waals surface area contributed by atoms with E-state index in [1.807, 2.05) is 22.9 Å². The first-order chi connectivity index (χ1) is 12.1. The van der Waals surface area contributed by atoms with Crippen molar-refractivity contribution in [2.24, 2.45) is 7.05 Å². The average molecular weight is 389 g/mol. The largest absolute Gasteiger partial charge is 0.290 e. The van der Waals surface area contributed by atoms with Crippen molar-refractivity contribution in [3.05, 3.63) is 68.9 Å². The van der Waals surface area contributed by atoms with Gasteiger partial charge in [0.25, 0.3) is 5.56 Å². The molecule has 7 heteroatoms. The van der Waals surface area contributed by atoms with Gasteiger partial charge < -0.3 is 0 Å². The van der Waals surface area contributed by atoms with Gasteiger partial charge in [0, 0.05) is 28.6 Å². The van der Waals surface area contributed by atoms with Crippen molar-refractivity contribution in [3.8, 4) is 10.4 Å². The molecule has 0 aliphatic heterocycles. The molecule has 0 spiro atoms. The van der Waals surface area contributed by atoms with Gasteiger partial charge in [-0.2, -0.15) is 0 Å². The maximum Gasteiger partial charge on any atom is 0.263 e. The minimum Gasteiger partial charge on any atom is -0.290 e. The number of rotatable bonds is 4.